The normalized spacial score (nSPS) is 15.5. The summed E-state index contributed by atoms with van der Waals surface area (Å²) < 4.78 is 5.72. The average Bonchev–Trinajstić information content (AvgIpc) is 3.13. The Balaban J connectivity index is 1.33. The first-order valence-electron chi connectivity index (χ1n) is 9.91. The molecular weight excluding hydrogens is 348 g/mol. The first-order chi connectivity index (χ1) is 13.7. The van der Waals surface area contributed by atoms with Gasteiger partial charge in [0.15, 0.2) is 5.88 Å². The van der Waals surface area contributed by atoms with Crippen LogP contribution in [0.1, 0.15) is 35.2 Å². The van der Waals surface area contributed by atoms with Crippen LogP contribution in [0.4, 0.5) is 5.95 Å². The number of hydrogen-bond acceptors (Lipinski definition) is 5. The van der Waals surface area contributed by atoms with E-state index >= 15 is 0 Å². The van der Waals surface area contributed by atoms with Crippen molar-refractivity contribution in [3.05, 3.63) is 65.3 Å². The molecular formula is C23H26N4O. The second kappa shape index (κ2) is 8.35. The number of nitrogens with one attached hydrogen (secondary N) is 1. The van der Waals surface area contributed by atoms with Gasteiger partial charge in [0.1, 0.15) is 0 Å². The van der Waals surface area contributed by atoms with Crippen LogP contribution in [0.25, 0.3) is 0 Å². The molecule has 0 radical (unpaired) electrons. The summed E-state index contributed by atoms with van der Waals surface area (Å²) in [5, 5.41) is 3.52. The van der Waals surface area contributed by atoms with Crippen molar-refractivity contribution < 1.29 is 4.74 Å². The molecule has 2 aromatic rings. The first-order valence-corrected chi connectivity index (χ1v) is 9.91. The molecule has 2 heterocycles. The highest BCUT2D eigenvalue weighted by molar-refractivity contribution is 5.39. The van der Waals surface area contributed by atoms with E-state index in [9.17, 15) is 0 Å². The van der Waals surface area contributed by atoms with Crippen molar-refractivity contribution in [1.82, 2.24) is 14.9 Å². The van der Waals surface area contributed by atoms with Crippen molar-refractivity contribution in [2.45, 2.75) is 44.7 Å². The van der Waals surface area contributed by atoms with E-state index in [0.717, 1.165) is 62.4 Å². The summed E-state index contributed by atoms with van der Waals surface area (Å²) in [4.78, 5) is 11.5. The number of nitrogens with zero attached hydrogens (tertiary/aromatic N) is 3. The van der Waals surface area contributed by atoms with Crippen LogP contribution < -0.4 is 5.32 Å². The number of benzene rings is 1. The molecule has 4 rings (SSSR count). The molecule has 28 heavy (non-hydrogen) atoms. The van der Waals surface area contributed by atoms with E-state index in [0.29, 0.717) is 18.5 Å². The minimum atomic E-state index is 0.367. The summed E-state index contributed by atoms with van der Waals surface area (Å²) >= 11 is 0. The molecule has 1 aliphatic heterocycles. The van der Waals surface area contributed by atoms with Crippen LogP contribution in [0.3, 0.4) is 0 Å². The standard InChI is InChI=1S/C23H26N4O/c1-3-4-7-12-28-17(2)27-11-10-22-20(16-27)15-24-23(26-22)25-21-13-18-8-5-6-9-19(18)14-21/h1,5-6,8-9,15,21H,2,4,7,10-14,16H2,(H,24,25,26). The lowest BCUT2D eigenvalue weighted by Gasteiger charge is -2.31. The van der Waals surface area contributed by atoms with Crippen LogP contribution in [0.5, 0.6) is 0 Å². The average molecular weight is 374 g/mol. The molecule has 0 saturated heterocycles. The summed E-state index contributed by atoms with van der Waals surface area (Å²) in [5.74, 6) is 4.06. The van der Waals surface area contributed by atoms with Crippen LogP contribution in [-0.4, -0.2) is 34.1 Å². The van der Waals surface area contributed by atoms with Crippen molar-refractivity contribution in [2.75, 3.05) is 18.5 Å². The Morgan fingerprint density at radius 3 is 2.82 bits per heavy atom. The van der Waals surface area contributed by atoms with Gasteiger partial charge in [0.05, 0.1) is 12.3 Å². The monoisotopic (exact) mass is 374 g/mol. The van der Waals surface area contributed by atoms with Crippen molar-refractivity contribution in [1.29, 1.82) is 0 Å². The topological polar surface area (TPSA) is 50.3 Å². The molecule has 0 spiro atoms. The van der Waals surface area contributed by atoms with Crippen LogP contribution >= 0.6 is 0 Å². The summed E-state index contributed by atoms with van der Waals surface area (Å²) in [6.07, 6.45) is 11.7. The molecule has 144 valence electrons. The molecule has 1 N–H and O–H groups in total. The van der Waals surface area contributed by atoms with E-state index in [4.69, 9.17) is 16.1 Å². The van der Waals surface area contributed by atoms with Gasteiger partial charge in [-0.25, -0.2) is 9.97 Å². The fraction of sp³-hybridized carbons (Fsp3) is 0.391. The molecule has 5 heteroatoms. The van der Waals surface area contributed by atoms with Crippen LogP contribution in [0.15, 0.2) is 42.9 Å². The molecule has 0 atom stereocenters. The zero-order valence-electron chi connectivity index (χ0n) is 16.2. The molecule has 0 amide bonds. The number of rotatable bonds is 7. The van der Waals surface area contributed by atoms with E-state index in [-0.39, 0.29) is 0 Å². The smallest absolute Gasteiger partial charge is 0.223 e. The molecule has 0 bridgehead atoms. The highest BCUT2D eigenvalue weighted by Crippen LogP contribution is 2.25. The predicted molar refractivity (Wildman–Crippen MR) is 111 cm³/mol. The molecule has 0 unspecified atom stereocenters. The third-order valence-electron chi connectivity index (χ3n) is 5.40. The predicted octanol–water partition coefficient (Wildman–Crippen LogP) is 3.32. The van der Waals surface area contributed by atoms with Gasteiger partial charge in [-0.1, -0.05) is 24.3 Å². The number of unbranched alkanes of at least 4 members (excludes halogenated alkanes) is 1. The Morgan fingerprint density at radius 2 is 2.07 bits per heavy atom. The van der Waals surface area contributed by atoms with Crippen molar-refractivity contribution in [3.8, 4) is 12.3 Å². The van der Waals surface area contributed by atoms with Gasteiger partial charge in [-0.3, -0.25) is 0 Å². The highest BCUT2D eigenvalue weighted by Gasteiger charge is 2.23. The Morgan fingerprint density at radius 1 is 1.29 bits per heavy atom. The second-order valence-electron chi connectivity index (χ2n) is 7.41. The van der Waals surface area contributed by atoms with E-state index in [1.165, 1.54) is 11.1 Å². The lowest BCUT2D eigenvalue weighted by Crippen LogP contribution is -2.32. The van der Waals surface area contributed by atoms with Crippen molar-refractivity contribution in [2.24, 2.45) is 0 Å². The van der Waals surface area contributed by atoms with Gasteiger partial charge in [0.25, 0.3) is 0 Å². The van der Waals surface area contributed by atoms with Gasteiger partial charge >= 0.3 is 0 Å². The SMILES string of the molecule is C#CCCCOC(=C)N1CCc2nc(NC3Cc4ccccc4C3)ncc2C1. The number of fused-ring (bicyclic) bond motifs is 2. The number of anilines is 1. The number of aromatic nitrogens is 2. The van der Waals surface area contributed by atoms with E-state index in [1.807, 2.05) is 6.20 Å². The molecule has 0 fully saturated rings. The zero-order chi connectivity index (χ0) is 19.3. The molecule has 0 saturated carbocycles. The molecule has 2 aliphatic rings. The van der Waals surface area contributed by atoms with Gasteiger partial charge in [0.2, 0.25) is 5.95 Å². The maximum absolute atomic E-state index is 5.72. The Hall–Kier alpha value is -3.00. The summed E-state index contributed by atoms with van der Waals surface area (Å²) in [6, 6.07) is 9.00. The number of hydrogen-bond donors (Lipinski definition) is 1. The fourth-order valence-corrected chi connectivity index (χ4v) is 3.90. The van der Waals surface area contributed by atoms with Gasteiger partial charge in [0, 0.05) is 43.7 Å². The molecule has 5 nitrogen and oxygen atoms in total. The fourth-order valence-electron chi connectivity index (χ4n) is 3.90. The number of terminal acetylenes is 1. The first kappa shape index (κ1) is 18.4. The third-order valence-corrected chi connectivity index (χ3v) is 5.40. The largest absolute Gasteiger partial charge is 0.479 e. The highest BCUT2D eigenvalue weighted by atomic mass is 16.5. The van der Waals surface area contributed by atoms with Crippen LogP contribution in [0, 0.1) is 12.3 Å². The lowest BCUT2D eigenvalue weighted by atomic mass is 10.1. The third kappa shape index (κ3) is 4.12. The van der Waals surface area contributed by atoms with Crippen molar-refractivity contribution >= 4 is 5.95 Å². The zero-order valence-corrected chi connectivity index (χ0v) is 16.2. The Kier molecular flexibility index (Phi) is 5.48. The molecule has 1 aliphatic carbocycles. The summed E-state index contributed by atoms with van der Waals surface area (Å²) in [5.41, 5.74) is 5.10. The Bertz CT molecular complexity index is 877. The summed E-state index contributed by atoms with van der Waals surface area (Å²) in [6.45, 7) is 6.25. The molecule has 1 aromatic carbocycles. The second-order valence-corrected chi connectivity index (χ2v) is 7.41. The van der Waals surface area contributed by atoms with E-state index in [1.54, 1.807) is 0 Å². The van der Waals surface area contributed by atoms with Crippen LogP contribution in [0.2, 0.25) is 0 Å². The Labute approximate surface area is 166 Å². The molecule has 1 aromatic heterocycles. The van der Waals surface area contributed by atoms with E-state index in [2.05, 4.69) is 52.0 Å². The quantitative estimate of drug-likeness (QED) is 0.458. The minimum absolute atomic E-state index is 0.367. The van der Waals surface area contributed by atoms with Gasteiger partial charge < -0.3 is 15.0 Å². The van der Waals surface area contributed by atoms with E-state index < -0.39 is 0 Å². The summed E-state index contributed by atoms with van der Waals surface area (Å²) in [7, 11) is 0. The maximum Gasteiger partial charge on any atom is 0.223 e. The van der Waals surface area contributed by atoms with Crippen LogP contribution in [-0.2, 0) is 30.5 Å². The lowest BCUT2D eigenvalue weighted by molar-refractivity contribution is 0.104. The van der Waals surface area contributed by atoms with Gasteiger partial charge in [-0.15, -0.1) is 12.3 Å². The minimum Gasteiger partial charge on any atom is -0.479 e. The van der Waals surface area contributed by atoms with Crippen molar-refractivity contribution in [3.63, 3.8) is 0 Å². The number of ether oxygens (including phenoxy) is 1. The van der Waals surface area contributed by atoms with Gasteiger partial charge in [-0.2, -0.15) is 0 Å². The van der Waals surface area contributed by atoms with Gasteiger partial charge in [-0.05, 0) is 37.0 Å². The maximum atomic E-state index is 5.72.